The number of nitrogens with two attached hydrogens (primary N) is 1. The number of ether oxygens (including phenoxy) is 2. The van der Waals surface area contributed by atoms with Crippen molar-refractivity contribution in [1.29, 1.82) is 0 Å². The van der Waals surface area contributed by atoms with Gasteiger partial charge in [0.05, 0.1) is 23.4 Å². The number of nitrogens with one attached hydrogen (secondary N) is 2. The van der Waals surface area contributed by atoms with Crippen molar-refractivity contribution in [2.24, 2.45) is 11.7 Å². The van der Waals surface area contributed by atoms with E-state index in [1.54, 1.807) is 25.4 Å². The number of carbonyl (C=O) groups is 3. The summed E-state index contributed by atoms with van der Waals surface area (Å²) in [6.45, 7) is 2.52. The number of methoxy groups -OCH3 is 1. The molecule has 0 aromatic carbocycles. The molecule has 4 heterocycles. The lowest BCUT2D eigenvalue weighted by atomic mass is 9.82. The zero-order chi connectivity index (χ0) is 21.2. The highest BCUT2D eigenvalue weighted by Crippen LogP contribution is 2.55. The standard InChI is InChI=1S/C20H22N4O5S/c1-9-14(22-6-10-4-3-5-30-10)17(26)13-11(8-29-19(21)27)20(28-2)18-12(23-18)7-24(20)15(13)16(9)25/h3-5,11-12,18,22-23H,6-8H2,1-2H3,(H2,21,27)/t11-,12+,18+,20?/m0/s1. The van der Waals surface area contributed by atoms with Crippen LogP contribution in [0.25, 0.3) is 0 Å². The smallest absolute Gasteiger partial charge is 0.404 e. The van der Waals surface area contributed by atoms with Crippen LogP contribution in [0.3, 0.4) is 0 Å². The van der Waals surface area contributed by atoms with Gasteiger partial charge in [0.15, 0.2) is 5.72 Å². The molecule has 0 bridgehead atoms. The SMILES string of the molecule is COC12[C@@H]3N[C@@H]3CN1C1=C(C(=O)C(NCc3cccs3)=C(C)C1=O)[C@@H]2COC(N)=O. The molecule has 1 aliphatic carbocycles. The van der Waals surface area contributed by atoms with Crippen molar-refractivity contribution >= 4 is 29.0 Å². The van der Waals surface area contributed by atoms with E-state index in [9.17, 15) is 14.4 Å². The van der Waals surface area contributed by atoms with Gasteiger partial charge in [0.25, 0.3) is 0 Å². The van der Waals surface area contributed by atoms with Crippen molar-refractivity contribution in [3.8, 4) is 0 Å². The second kappa shape index (κ2) is 6.66. The molecule has 1 aromatic heterocycles. The van der Waals surface area contributed by atoms with E-state index in [2.05, 4.69) is 10.6 Å². The molecule has 10 heteroatoms. The van der Waals surface area contributed by atoms with Gasteiger partial charge in [-0.2, -0.15) is 0 Å². The van der Waals surface area contributed by atoms with Crippen LogP contribution in [-0.4, -0.2) is 60.6 Å². The third-order valence-electron chi connectivity index (χ3n) is 6.45. The predicted octanol–water partition coefficient (Wildman–Crippen LogP) is 0.241. The van der Waals surface area contributed by atoms with Crippen LogP contribution < -0.4 is 16.4 Å². The molecular formula is C20H22N4O5S. The van der Waals surface area contributed by atoms with Crippen LogP contribution in [0.4, 0.5) is 4.79 Å². The third kappa shape index (κ3) is 2.50. The molecule has 158 valence electrons. The van der Waals surface area contributed by atoms with Gasteiger partial charge >= 0.3 is 6.09 Å². The van der Waals surface area contributed by atoms with Crippen LogP contribution in [0.15, 0.2) is 40.1 Å². The fourth-order valence-corrected chi connectivity index (χ4v) is 5.74. The normalized spacial score (nSPS) is 31.7. The average Bonchev–Trinajstić information content (AvgIpc) is 3.08. The molecule has 1 amide bonds. The molecule has 1 aromatic rings. The Bertz CT molecular complexity index is 1020. The Labute approximate surface area is 176 Å². The molecule has 4 N–H and O–H groups in total. The summed E-state index contributed by atoms with van der Waals surface area (Å²) in [5.41, 5.74) is 5.58. The van der Waals surface area contributed by atoms with Crippen LogP contribution >= 0.6 is 11.3 Å². The van der Waals surface area contributed by atoms with E-state index in [1.165, 1.54) is 0 Å². The highest BCUT2D eigenvalue weighted by molar-refractivity contribution is 7.09. The minimum atomic E-state index is -0.959. The summed E-state index contributed by atoms with van der Waals surface area (Å²) < 4.78 is 11.1. The summed E-state index contributed by atoms with van der Waals surface area (Å²) in [6.07, 6.45) is -0.933. The fraction of sp³-hybridized carbons (Fsp3) is 0.450. The number of fused-ring (bicyclic) bond motifs is 4. The van der Waals surface area contributed by atoms with E-state index in [1.807, 2.05) is 22.4 Å². The lowest BCUT2D eigenvalue weighted by Crippen LogP contribution is -2.55. The molecule has 4 aliphatic rings. The van der Waals surface area contributed by atoms with Crippen LogP contribution in [0.2, 0.25) is 0 Å². The number of piperazine rings is 1. The van der Waals surface area contributed by atoms with Gasteiger partial charge in [-0.05, 0) is 18.4 Å². The molecule has 0 radical (unpaired) electrons. The summed E-state index contributed by atoms with van der Waals surface area (Å²) in [5, 5.41) is 8.44. The Morgan fingerprint density at radius 3 is 2.90 bits per heavy atom. The van der Waals surface area contributed by atoms with Crippen LogP contribution in [-0.2, 0) is 25.6 Å². The summed E-state index contributed by atoms with van der Waals surface area (Å²) in [4.78, 5) is 41.2. The first-order valence-corrected chi connectivity index (χ1v) is 10.6. The van der Waals surface area contributed by atoms with Crippen molar-refractivity contribution in [2.45, 2.75) is 31.3 Å². The number of ketones is 2. The van der Waals surface area contributed by atoms with Crippen LogP contribution in [0.1, 0.15) is 11.8 Å². The molecule has 30 heavy (non-hydrogen) atoms. The van der Waals surface area contributed by atoms with Crippen molar-refractivity contribution in [3.05, 3.63) is 44.9 Å². The maximum Gasteiger partial charge on any atom is 0.404 e. The predicted molar refractivity (Wildman–Crippen MR) is 107 cm³/mol. The number of carbonyl (C=O) groups excluding carboxylic acids is 3. The van der Waals surface area contributed by atoms with Gasteiger partial charge in [-0.15, -0.1) is 11.3 Å². The lowest BCUT2D eigenvalue weighted by molar-refractivity contribution is -0.137. The first-order chi connectivity index (χ1) is 14.4. The van der Waals surface area contributed by atoms with Gasteiger partial charge in [-0.3, -0.25) is 9.59 Å². The van der Waals surface area contributed by atoms with Crippen LogP contribution in [0.5, 0.6) is 0 Å². The zero-order valence-corrected chi connectivity index (χ0v) is 17.4. The number of hydrogen-bond acceptors (Lipinski definition) is 9. The van der Waals surface area contributed by atoms with E-state index in [0.29, 0.717) is 29.9 Å². The first kappa shape index (κ1) is 19.3. The van der Waals surface area contributed by atoms with E-state index >= 15 is 0 Å². The molecule has 9 nitrogen and oxygen atoms in total. The van der Waals surface area contributed by atoms with E-state index in [-0.39, 0.29) is 36.0 Å². The monoisotopic (exact) mass is 430 g/mol. The number of nitrogens with zero attached hydrogens (tertiary/aromatic N) is 1. The number of allylic oxidation sites excluding steroid dienone is 2. The molecule has 4 atom stereocenters. The molecule has 2 fully saturated rings. The first-order valence-electron chi connectivity index (χ1n) is 9.72. The molecule has 2 saturated heterocycles. The fourth-order valence-electron chi connectivity index (χ4n) is 5.09. The van der Waals surface area contributed by atoms with Crippen molar-refractivity contribution in [3.63, 3.8) is 0 Å². The number of amides is 1. The van der Waals surface area contributed by atoms with E-state index in [4.69, 9.17) is 15.2 Å². The van der Waals surface area contributed by atoms with Gasteiger partial charge in [0.1, 0.15) is 6.61 Å². The highest BCUT2D eigenvalue weighted by atomic mass is 32.1. The van der Waals surface area contributed by atoms with Crippen molar-refractivity contribution in [2.75, 3.05) is 20.3 Å². The number of hydrogen-bond donors (Lipinski definition) is 3. The van der Waals surface area contributed by atoms with Gasteiger partial charge in [-0.1, -0.05) is 6.07 Å². The second-order valence-electron chi connectivity index (χ2n) is 7.85. The minimum Gasteiger partial charge on any atom is -0.449 e. The Morgan fingerprint density at radius 2 is 2.23 bits per heavy atom. The average molecular weight is 430 g/mol. The summed E-state index contributed by atoms with van der Waals surface area (Å²) in [6, 6.07) is 4.00. The zero-order valence-electron chi connectivity index (χ0n) is 16.6. The maximum atomic E-state index is 13.6. The number of Topliss-reactive ketones (excluding diaryl/α,β-unsaturated/α-hetero) is 2. The molecule has 5 rings (SSSR count). The second-order valence-corrected chi connectivity index (χ2v) is 8.89. The highest BCUT2D eigenvalue weighted by Gasteiger charge is 2.72. The molecule has 3 aliphatic heterocycles. The van der Waals surface area contributed by atoms with Gasteiger partial charge in [0, 0.05) is 42.3 Å². The summed E-state index contributed by atoms with van der Waals surface area (Å²) in [5.74, 6) is -1.10. The number of thiophene rings is 1. The van der Waals surface area contributed by atoms with Crippen molar-refractivity contribution in [1.82, 2.24) is 15.5 Å². The largest absolute Gasteiger partial charge is 0.449 e. The quantitative estimate of drug-likeness (QED) is 0.432. The lowest BCUT2D eigenvalue weighted by Gasteiger charge is -2.39. The minimum absolute atomic E-state index is 0.0574. The molecule has 0 spiro atoms. The Morgan fingerprint density at radius 1 is 1.43 bits per heavy atom. The molecule has 1 unspecified atom stereocenters. The number of primary amides is 1. The van der Waals surface area contributed by atoms with E-state index in [0.717, 1.165) is 4.88 Å². The van der Waals surface area contributed by atoms with Crippen LogP contribution in [0, 0.1) is 5.92 Å². The molecular weight excluding hydrogens is 408 g/mol. The topological polar surface area (TPSA) is 133 Å². The maximum absolute atomic E-state index is 13.6. The van der Waals surface area contributed by atoms with Gasteiger partial charge in [0.2, 0.25) is 11.6 Å². The summed E-state index contributed by atoms with van der Waals surface area (Å²) in [7, 11) is 1.55. The Hall–Kier alpha value is -2.69. The van der Waals surface area contributed by atoms with Crippen molar-refractivity contribution < 1.29 is 23.9 Å². The Kier molecular flexibility index (Phi) is 4.28. The summed E-state index contributed by atoms with van der Waals surface area (Å²) >= 11 is 1.57. The molecule has 0 saturated carbocycles. The van der Waals surface area contributed by atoms with Gasteiger partial charge < -0.3 is 30.7 Å². The van der Waals surface area contributed by atoms with Gasteiger partial charge in [-0.25, -0.2) is 4.79 Å². The third-order valence-corrected chi connectivity index (χ3v) is 7.32. The van der Waals surface area contributed by atoms with E-state index < -0.39 is 17.7 Å². The number of rotatable bonds is 6. The Balaban J connectivity index is 1.53.